The molecule has 9 heteroatoms. The molecule has 208 valence electrons. The second-order valence-electron chi connectivity index (χ2n) is 10.4. The van der Waals surface area contributed by atoms with Gasteiger partial charge < -0.3 is 25.6 Å². The summed E-state index contributed by atoms with van der Waals surface area (Å²) < 4.78 is 21.2. The summed E-state index contributed by atoms with van der Waals surface area (Å²) >= 11 is 6.09. The number of likely N-dealkylation sites (N-methyl/N-ethyl adjacent to an activating group) is 1. The van der Waals surface area contributed by atoms with Gasteiger partial charge in [0.05, 0.1) is 17.7 Å². The van der Waals surface area contributed by atoms with Crippen LogP contribution in [0.5, 0.6) is 0 Å². The van der Waals surface area contributed by atoms with Crippen molar-refractivity contribution in [2.75, 3.05) is 39.8 Å². The number of halogens is 2. The van der Waals surface area contributed by atoms with Gasteiger partial charge in [-0.05, 0) is 45.2 Å². The van der Waals surface area contributed by atoms with Gasteiger partial charge >= 0.3 is 6.03 Å². The number of nitrogens with one attached hydrogen (secondary N) is 3. The van der Waals surface area contributed by atoms with E-state index in [1.54, 1.807) is 12.1 Å². The van der Waals surface area contributed by atoms with Crippen molar-refractivity contribution >= 4 is 23.5 Å². The highest BCUT2D eigenvalue weighted by molar-refractivity contribution is 6.30. The van der Waals surface area contributed by atoms with Gasteiger partial charge in [0, 0.05) is 50.1 Å². The number of benzene rings is 1. The average molecular weight is 539 g/mol. The number of rotatable bonds is 12. The molecule has 3 amide bonds. The Morgan fingerprint density at radius 3 is 2.70 bits per heavy atom. The van der Waals surface area contributed by atoms with Crippen molar-refractivity contribution in [2.24, 2.45) is 11.8 Å². The Morgan fingerprint density at radius 1 is 1.19 bits per heavy atom. The summed E-state index contributed by atoms with van der Waals surface area (Å²) in [7, 11) is 1.92. The number of nitrogens with zero attached hydrogens (tertiary/aromatic N) is 1. The lowest BCUT2D eigenvalue weighted by atomic mass is 9.85. The number of hydrogen-bond acceptors (Lipinski definition) is 4. The summed E-state index contributed by atoms with van der Waals surface area (Å²) in [6.07, 6.45) is 8.53. The molecule has 2 aliphatic rings. The molecule has 1 aliphatic carbocycles. The predicted molar refractivity (Wildman–Crippen MR) is 145 cm³/mol. The number of carbonyl (C=O) groups excluding carboxylic acids is 2. The Morgan fingerprint density at radius 2 is 1.97 bits per heavy atom. The molecule has 37 heavy (non-hydrogen) atoms. The standard InChI is InChI=1S/C28H44ClFN4O3/c1-3-32-25(35)14-16-37-27(23-12-7-13-24(29)26(23)30)21-11-8-15-34(19-21)28(36)33-22(18-31-2)17-20-9-5-4-6-10-20/h7,12-13,20-22,27,31H,3-6,8-11,14-19H2,1-2H3,(H,32,35)(H,33,36)/t21-,22?,27-/m1/s1. The Bertz CT molecular complexity index is 868. The second-order valence-corrected chi connectivity index (χ2v) is 10.8. The minimum absolute atomic E-state index is 0.0397. The van der Waals surface area contributed by atoms with E-state index in [4.69, 9.17) is 16.3 Å². The van der Waals surface area contributed by atoms with E-state index in [1.807, 2.05) is 18.9 Å². The van der Waals surface area contributed by atoms with E-state index in [2.05, 4.69) is 16.0 Å². The van der Waals surface area contributed by atoms with Gasteiger partial charge in [0.25, 0.3) is 0 Å². The maximum Gasteiger partial charge on any atom is 0.317 e. The lowest BCUT2D eigenvalue weighted by Crippen LogP contribution is -2.52. The van der Waals surface area contributed by atoms with Crippen molar-refractivity contribution in [1.29, 1.82) is 0 Å². The number of likely N-dealkylation sites (tertiary alicyclic amines) is 1. The van der Waals surface area contributed by atoms with Crippen molar-refractivity contribution in [3.8, 4) is 0 Å². The molecule has 3 atom stereocenters. The Hall–Kier alpha value is -1.90. The topological polar surface area (TPSA) is 82.7 Å². The van der Waals surface area contributed by atoms with E-state index in [1.165, 1.54) is 38.2 Å². The van der Waals surface area contributed by atoms with Crippen LogP contribution in [-0.4, -0.2) is 62.7 Å². The maximum atomic E-state index is 15.1. The molecule has 1 saturated carbocycles. The highest BCUT2D eigenvalue weighted by atomic mass is 35.5. The summed E-state index contributed by atoms with van der Waals surface area (Å²) in [5.74, 6) is -0.0564. The molecule has 1 heterocycles. The summed E-state index contributed by atoms with van der Waals surface area (Å²) in [4.78, 5) is 27.1. The normalized spacial score (nSPS) is 20.3. The molecule has 1 aromatic rings. The fourth-order valence-electron chi connectivity index (χ4n) is 5.76. The quantitative estimate of drug-likeness (QED) is 0.348. The van der Waals surface area contributed by atoms with Crippen LogP contribution < -0.4 is 16.0 Å². The first-order valence-electron chi connectivity index (χ1n) is 13.9. The summed E-state index contributed by atoms with van der Waals surface area (Å²) in [5.41, 5.74) is 0.376. The van der Waals surface area contributed by atoms with Gasteiger partial charge in [-0.3, -0.25) is 4.79 Å². The molecule has 1 unspecified atom stereocenters. The molecular formula is C28H44ClFN4O3. The van der Waals surface area contributed by atoms with Gasteiger partial charge in [-0.1, -0.05) is 55.8 Å². The van der Waals surface area contributed by atoms with E-state index in [0.717, 1.165) is 25.8 Å². The number of ether oxygens (including phenoxy) is 1. The molecule has 3 N–H and O–H groups in total. The third kappa shape index (κ3) is 9.11. The van der Waals surface area contributed by atoms with Crippen molar-refractivity contribution in [3.63, 3.8) is 0 Å². The van der Waals surface area contributed by atoms with E-state index < -0.39 is 11.9 Å². The van der Waals surface area contributed by atoms with Crippen LogP contribution in [0.15, 0.2) is 18.2 Å². The number of hydrogen-bond donors (Lipinski definition) is 3. The van der Waals surface area contributed by atoms with Crippen molar-refractivity contribution in [1.82, 2.24) is 20.9 Å². The fourth-order valence-corrected chi connectivity index (χ4v) is 5.94. The number of urea groups is 1. The number of amides is 3. The van der Waals surface area contributed by atoms with Gasteiger partial charge in [-0.25, -0.2) is 9.18 Å². The first-order chi connectivity index (χ1) is 17.9. The third-order valence-electron chi connectivity index (χ3n) is 7.58. The van der Waals surface area contributed by atoms with Gasteiger partial charge in [0.2, 0.25) is 5.91 Å². The zero-order valence-corrected chi connectivity index (χ0v) is 23.1. The molecule has 1 aromatic carbocycles. The second kappa shape index (κ2) is 15.5. The maximum absolute atomic E-state index is 15.1. The van der Waals surface area contributed by atoms with Crippen molar-refractivity contribution in [3.05, 3.63) is 34.6 Å². The van der Waals surface area contributed by atoms with Crippen LogP contribution in [0.25, 0.3) is 0 Å². The molecule has 0 radical (unpaired) electrons. The minimum atomic E-state index is -0.598. The molecule has 0 aromatic heterocycles. The fraction of sp³-hybridized carbons (Fsp3) is 0.714. The Labute approximate surface area is 226 Å². The average Bonchev–Trinajstić information content (AvgIpc) is 2.89. The molecule has 0 spiro atoms. The molecule has 1 aliphatic heterocycles. The Balaban J connectivity index is 1.67. The summed E-state index contributed by atoms with van der Waals surface area (Å²) in [5, 5.41) is 9.29. The Kier molecular flexibility index (Phi) is 12.4. The van der Waals surface area contributed by atoms with Crippen molar-refractivity contribution < 1.29 is 18.7 Å². The highest BCUT2D eigenvalue weighted by Gasteiger charge is 2.34. The molecular weight excluding hydrogens is 495 g/mol. The monoisotopic (exact) mass is 538 g/mol. The first-order valence-corrected chi connectivity index (χ1v) is 14.3. The number of piperidine rings is 1. The lowest BCUT2D eigenvalue weighted by Gasteiger charge is -2.38. The van der Waals surface area contributed by atoms with Crippen LogP contribution >= 0.6 is 11.6 Å². The van der Waals surface area contributed by atoms with Crippen LogP contribution in [0.2, 0.25) is 5.02 Å². The lowest BCUT2D eigenvalue weighted by molar-refractivity contribution is -0.123. The first kappa shape index (κ1) is 29.7. The van der Waals surface area contributed by atoms with E-state index in [9.17, 15) is 9.59 Å². The van der Waals surface area contributed by atoms with E-state index in [-0.39, 0.29) is 41.9 Å². The molecule has 2 fully saturated rings. The van der Waals surface area contributed by atoms with E-state index in [0.29, 0.717) is 31.1 Å². The summed E-state index contributed by atoms with van der Waals surface area (Å²) in [6, 6.07) is 4.91. The molecule has 0 bridgehead atoms. The van der Waals surface area contributed by atoms with Crippen LogP contribution in [-0.2, 0) is 9.53 Å². The zero-order chi connectivity index (χ0) is 26.6. The smallest absolute Gasteiger partial charge is 0.317 e. The predicted octanol–water partition coefficient (Wildman–Crippen LogP) is 5.04. The molecule has 1 saturated heterocycles. The largest absolute Gasteiger partial charge is 0.373 e. The molecule has 3 rings (SSSR count). The van der Waals surface area contributed by atoms with Crippen molar-refractivity contribution in [2.45, 2.75) is 76.9 Å². The van der Waals surface area contributed by atoms with Crippen LogP contribution in [0.4, 0.5) is 9.18 Å². The van der Waals surface area contributed by atoms with Gasteiger partial charge in [0.1, 0.15) is 5.82 Å². The van der Waals surface area contributed by atoms with Gasteiger partial charge in [0.15, 0.2) is 0 Å². The zero-order valence-electron chi connectivity index (χ0n) is 22.4. The third-order valence-corrected chi connectivity index (χ3v) is 7.87. The van der Waals surface area contributed by atoms with Crippen LogP contribution in [0.1, 0.15) is 76.4 Å². The SMILES string of the molecule is CCNC(=O)CCO[C@@H](c1cccc(Cl)c1F)[C@@H]1CCCN(C(=O)NC(CNC)CC2CCCCC2)C1. The minimum Gasteiger partial charge on any atom is -0.373 e. The van der Waals surface area contributed by atoms with Gasteiger partial charge in [-0.15, -0.1) is 0 Å². The van der Waals surface area contributed by atoms with Gasteiger partial charge in [-0.2, -0.15) is 0 Å². The molecule has 7 nitrogen and oxygen atoms in total. The number of carbonyl (C=O) groups is 2. The summed E-state index contributed by atoms with van der Waals surface area (Å²) in [6.45, 7) is 4.42. The van der Waals surface area contributed by atoms with Crippen LogP contribution in [0, 0.1) is 17.7 Å². The van der Waals surface area contributed by atoms with Crippen LogP contribution in [0.3, 0.4) is 0 Å². The highest BCUT2D eigenvalue weighted by Crippen LogP contribution is 2.36. The van der Waals surface area contributed by atoms with E-state index >= 15 is 4.39 Å².